The monoisotopic (exact) mass is 310 g/mol. The van der Waals surface area contributed by atoms with E-state index in [0.29, 0.717) is 18.6 Å². The Morgan fingerprint density at radius 2 is 2.22 bits per heavy atom. The summed E-state index contributed by atoms with van der Waals surface area (Å²) >= 11 is 3.36. The number of carbonyl (C=O) groups excluding carboxylic acids is 2. The van der Waals surface area contributed by atoms with Crippen LogP contribution in [0.2, 0.25) is 0 Å². The van der Waals surface area contributed by atoms with Crippen molar-refractivity contribution < 1.29 is 14.3 Å². The fraction of sp³-hybridized carbons (Fsp3) is 0.429. The minimum Gasteiger partial charge on any atom is -0.465 e. The summed E-state index contributed by atoms with van der Waals surface area (Å²) in [5.41, 5.74) is 1.56. The van der Waals surface area contributed by atoms with Gasteiger partial charge in [0.1, 0.15) is 5.92 Å². The summed E-state index contributed by atoms with van der Waals surface area (Å²) < 4.78 is 6.07. The van der Waals surface area contributed by atoms with Gasteiger partial charge in [0.2, 0.25) is 0 Å². The Labute approximate surface area is 115 Å². The third-order valence-corrected chi connectivity index (χ3v) is 3.41. The minimum absolute atomic E-state index is 0.119. The average molecular weight is 311 g/mol. The quantitative estimate of drug-likeness (QED) is 0.636. The summed E-state index contributed by atoms with van der Waals surface area (Å²) in [6.45, 7) is 4.30. The SMILES string of the molecule is CC(C)COC(=O)C1Cc2cc(Br)ccc2C1=O. The molecule has 1 aromatic rings. The second-order valence-electron chi connectivity index (χ2n) is 4.95. The zero-order valence-corrected chi connectivity index (χ0v) is 12.0. The lowest BCUT2D eigenvalue weighted by atomic mass is 10.1. The van der Waals surface area contributed by atoms with Crippen LogP contribution in [0.5, 0.6) is 0 Å². The van der Waals surface area contributed by atoms with Gasteiger partial charge in [-0.3, -0.25) is 9.59 Å². The second kappa shape index (κ2) is 5.22. The lowest BCUT2D eigenvalue weighted by Crippen LogP contribution is -2.24. The lowest BCUT2D eigenvalue weighted by Gasteiger charge is -2.10. The molecule has 0 saturated carbocycles. The zero-order valence-electron chi connectivity index (χ0n) is 10.4. The van der Waals surface area contributed by atoms with E-state index in [1.807, 2.05) is 26.0 Å². The molecule has 0 radical (unpaired) electrons. The largest absolute Gasteiger partial charge is 0.465 e. The number of hydrogen-bond donors (Lipinski definition) is 0. The zero-order chi connectivity index (χ0) is 13.3. The number of esters is 1. The minimum atomic E-state index is -0.659. The van der Waals surface area contributed by atoms with E-state index in [2.05, 4.69) is 15.9 Å². The van der Waals surface area contributed by atoms with Crippen LogP contribution in [0.25, 0.3) is 0 Å². The highest BCUT2D eigenvalue weighted by Crippen LogP contribution is 2.30. The summed E-state index contributed by atoms with van der Waals surface area (Å²) in [7, 11) is 0. The summed E-state index contributed by atoms with van der Waals surface area (Å²) in [4.78, 5) is 23.9. The Bertz CT molecular complexity index is 494. The number of carbonyl (C=O) groups is 2. The van der Waals surface area contributed by atoms with Crippen LogP contribution in [-0.4, -0.2) is 18.4 Å². The van der Waals surface area contributed by atoms with Gasteiger partial charge in [-0.25, -0.2) is 0 Å². The van der Waals surface area contributed by atoms with Gasteiger partial charge in [0.15, 0.2) is 5.78 Å². The van der Waals surface area contributed by atoms with E-state index in [4.69, 9.17) is 4.74 Å². The third-order valence-electron chi connectivity index (χ3n) is 2.92. The summed E-state index contributed by atoms with van der Waals surface area (Å²) in [5, 5.41) is 0. The Morgan fingerprint density at radius 3 is 2.89 bits per heavy atom. The molecule has 0 spiro atoms. The van der Waals surface area contributed by atoms with Crippen LogP contribution in [-0.2, 0) is 16.0 Å². The predicted molar refractivity (Wildman–Crippen MR) is 71.5 cm³/mol. The molecule has 0 aliphatic heterocycles. The molecule has 1 atom stereocenters. The highest BCUT2D eigenvalue weighted by molar-refractivity contribution is 9.10. The van der Waals surface area contributed by atoms with Crippen LogP contribution in [0.1, 0.15) is 29.8 Å². The second-order valence-corrected chi connectivity index (χ2v) is 5.86. The fourth-order valence-electron chi connectivity index (χ4n) is 2.01. The van der Waals surface area contributed by atoms with Crippen molar-refractivity contribution in [3.05, 3.63) is 33.8 Å². The van der Waals surface area contributed by atoms with E-state index < -0.39 is 11.9 Å². The molecular weight excluding hydrogens is 296 g/mol. The van der Waals surface area contributed by atoms with Gasteiger partial charge in [0, 0.05) is 10.0 Å². The standard InChI is InChI=1S/C14H15BrO3/c1-8(2)7-18-14(17)12-6-9-5-10(15)3-4-11(9)13(12)16/h3-5,8,12H,6-7H2,1-2H3. The molecule has 96 valence electrons. The van der Waals surface area contributed by atoms with Crippen LogP contribution in [0.3, 0.4) is 0 Å². The number of benzene rings is 1. The molecule has 2 rings (SSSR count). The molecule has 0 bridgehead atoms. The molecule has 18 heavy (non-hydrogen) atoms. The topological polar surface area (TPSA) is 43.4 Å². The maximum Gasteiger partial charge on any atom is 0.317 e. The molecule has 3 nitrogen and oxygen atoms in total. The molecule has 0 amide bonds. The molecule has 0 fully saturated rings. The van der Waals surface area contributed by atoms with Crippen molar-refractivity contribution in [2.75, 3.05) is 6.61 Å². The van der Waals surface area contributed by atoms with E-state index in [0.717, 1.165) is 10.0 Å². The Balaban J connectivity index is 2.11. The van der Waals surface area contributed by atoms with E-state index in [1.54, 1.807) is 6.07 Å². The molecule has 1 unspecified atom stereocenters. The van der Waals surface area contributed by atoms with Gasteiger partial charge in [-0.05, 0) is 36.1 Å². The number of ketones is 1. The molecule has 1 aromatic carbocycles. The summed E-state index contributed by atoms with van der Waals surface area (Å²) in [5.74, 6) is -0.901. The number of rotatable bonds is 3. The van der Waals surface area contributed by atoms with Crippen molar-refractivity contribution in [3.63, 3.8) is 0 Å². The Morgan fingerprint density at radius 1 is 1.50 bits per heavy atom. The molecule has 0 aromatic heterocycles. The number of ether oxygens (including phenoxy) is 1. The van der Waals surface area contributed by atoms with Crippen LogP contribution >= 0.6 is 15.9 Å². The normalized spacial score (nSPS) is 18.0. The number of hydrogen-bond acceptors (Lipinski definition) is 3. The number of halogens is 1. The van der Waals surface area contributed by atoms with Crippen LogP contribution in [0.15, 0.2) is 22.7 Å². The Kier molecular flexibility index (Phi) is 3.85. The van der Waals surface area contributed by atoms with Crippen molar-refractivity contribution in [1.82, 2.24) is 0 Å². The van der Waals surface area contributed by atoms with Crippen molar-refractivity contribution in [3.8, 4) is 0 Å². The van der Waals surface area contributed by atoms with E-state index in [-0.39, 0.29) is 11.7 Å². The van der Waals surface area contributed by atoms with E-state index in [9.17, 15) is 9.59 Å². The lowest BCUT2D eigenvalue weighted by molar-refractivity contribution is -0.147. The molecule has 1 aliphatic carbocycles. The van der Waals surface area contributed by atoms with Gasteiger partial charge < -0.3 is 4.74 Å². The first kappa shape index (κ1) is 13.3. The Hall–Kier alpha value is -1.16. The predicted octanol–water partition coefficient (Wildman–Crippen LogP) is 3.00. The molecular formula is C14H15BrO3. The van der Waals surface area contributed by atoms with Gasteiger partial charge in [0.25, 0.3) is 0 Å². The first-order chi connectivity index (χ1) is 8.49. The van der Waals surface area contributed by atoms with Gasteiger partial charge in [-0.2, -0.15) is 0 Å². The third kappa shape index (κ3) is 2.64. The molecule has 1 aliphatic rings. The summed E-state index contributed by atoms with van der Waals surface area (Å²) in [6, 6.07) is 5.47. The maximum absolute atomic E-state index is 12.1. The molecule has 4 heteroatoms. The first-order valence-corrected chi connectivity index (χ1v) is 6.77. The van der Waals surface area contributed by atoms with Gasteiger partial charge in [0.05, 0.1) is 6.61 Å². The van der Waals surface area contributed by atoms with E-state index in [1.165, 1.54) is 0 Å². The molecule has 0 saturated heterocycles. The fourth-order valence-corrected chi connectivity index (χ4v) is 2.42. The summed E-state index contributed by atoms with van der Waals surface area (Å²) in [6.07, 6.45) is 0.449. The van der Waals surface area contributed by atoms with E-state index >= 15 is 0 Å². The smallest absolute Gasteiger partial charge is 0.317 e. The van der Waals surface area contributed by atoms with Crippen LogP contribution in [0, 0.1) is 11.8 Å². The average Bonchev–Trinajstić information content (AvgIpc) is 2.63. The molecule has 0 heterocycles. The van der Waals surface area contributed by atoms with Crippen LogP contribution in [0.4, 0.5) is 0 Å². The van der Waals surface area contributed by atoms with Gasteiger partial charge >= 0.3 is 5.97 Å². The van der Waals surface area contributed by atoms with Gasteiger partial charge in [-0.15, -0.1) is 0 Å². The van der Waals surface area contributed by atoms with Gasteiger partial charge in [-0.1, -0.05) is 29.8 Å². The van der Waals surface area contributed by atoms with Crippen molar-refractivity contribution in [2.45, 2.75) is 20.3 Å². The maximum atomic E-state index is 12.1. The van der Waals surface area contributed by atoms with Crippen molar-refractivity contribution in [2.24, 2.45) is 11.8 Å². The highest BCUT2D eigenvalue weighted by Gasteiger charge is 2.36. The first-order valence-electron chi connectivity index (χ1n) is 5.98. The number of fused-ring (bicyclic) bond motifs is 1. The van der Waals surface area contributed by atoms with Crippen LogP contribution < -0.4 is 0 Å². The molecule has 0 N–H and O–H groups in total. The van der Waals surface area contributed by atoms with Crippen molar-refractivity contribution >= 4 is 27.7 Å². The number of Topliss-reactive ketones (excluding diaryl/α,β-unsaturated/α-hetero) is 1. The van der Waals surface area contributed by atoms with Crippen molar-refractivity contribution in [1.29, 1.82) is 0 Å². The highest BCUT2D eigenvalue weighted by atomic mass is 79.9.